The third-order valence-electron chi connectivity index (χ3n) is 4.97. The summed E-state index contributed by atoms with van der Waals surface area (Å²) < 4.78 is 44.7. The topological polar surface area (TPSA) is 71.1 Å². The number of carbonyl (C=O) groups is 1. The molecule has 2 aromatic rings. The van der Waals surface area contributed by atoms with Crippen molar-refractivity contribution in [3.05, 3.63) is 41.5 Å². The molecule has 29 heavy (non-hydrogen) atoms. The minimum atomic E-state index is -4.58. The first-order valence-corrected chi connectivity index (χ1v) is 9.64. The van der Waals surface area contributed by atoms with Crippen molar-refractivity contribution >= 4 is 5.91 Å². The number of likely N-dealkylation sites (tertiary alicyclic amines) is 1. The van der Waals surface area contributed by atoms with Gasteiger partial charge in [-0.05, 0) is 36.5 Å². The van der Waals surface area contributed by atoms with Gasteiger partial charge >= 0.3 is 6.18 Å². The summed E-state index contributed by atoms with van der Waals surface area (Å²) in [4.78, 5) is 18.0. The molecule has 0 aliphatic carbocycles. The van der Waals surface area contributed by atoms with E-state index in [2.05, 4.69) is 15.2 Å². The van der Waals surface area contributed by atoms with E-state index in [0.717, 1.165) is 18.3 Å². The fraction of sp³-hybridized carbons (Fsp3) is 0.550. The molecule has 1 aliphatic rings. The molecule has 1 fully saturated rings. The SMILES string of the molecule is CC(C)c1cc(C(=O)N2C[C@@H](C)C[C@H](COc3cccnc3C(F)(F)F)C2)[nH]n1. The normalized spacial score (nSPS) is 20.2. The van der Waals surface area contributed by atoms with E-state index in [0.29, 0.717) is 18.8 Å². The lowest BCUT2D eigenvalue weighted by Crippen LogP contribution is -2.45. The molecule has 0 spiro atoms. The number of pyridine rings is 1. The molecule has 9 heteroatoms. The molecule has 3 rings (SSSR count). The first kappa shape index (κ1) is 21.1. The van der Waals surface area contributed by atoms with Gasteiger partial charge in [-0.1, -0.05) is 20.8 Å². The van der Waals surface area contributed by atoms with Crippen LogP contribution in [-0.4, -0.2) is 45.7 Å². The Morgan fingerprint density at radius 3 is 2.79 bits per heavy atom. The standard InChI is InChI=1S/C20H25F3N4O2/c1-12(2)15-8-16(26-25-15)19(28)27-9-13(3)7-14(10-27)11-29-17-5-4-6-24-18(17)20(21,22)23/h4-6,8,12-14H,7,9-11H2,1-3H3,(H,25,26)/t13-,14-/m0/s1. The van der Waals surface area contributed by atoms with E-state index in [9.17, 15) is 18.0 Å². The van der Waals surface area contributed by atoms with E-state index in [-0.39, 0.29) is 36.0 Å². The quantitative estimate of drug-likeness (QED) is 0.805. The van der Waals surface area contributed by atoms with Gasteiger partial charge in [-0.25, -0.2) is 4.98 Å². The van der Waals surface area contributed by atoms with Gasteiger partial charge in [0.05, 0.1) is 12.3 Å². The number of piperidine rings is 1. The molecule has 1 aliphatic heterocycles. The van der Waals surface area contributed by atoms with Crippen LogP contribution in [0.25, 0.3) is 0 Å². The van der Waals surface area contributed by atoms with Crippen molar-refractivity contribution in [1.82, 2.24) is 20.1 Å². The Morgan fingerprint density at radius 1 is 1.38 bits per heavy atom. The number of alkyl halides is 3. The summed E-state index contributed by atoms with van der Waals surface area (Å²) in [5.74, 6) is -0.0950. The molecule has 2 aromatic heterocycles. The van der Waals surface area contributed by atoms with Crippen molar-refractivity contribution in [1.29, 1.82) is 0 Å². The number of aromatic nitrogens is 3. The molecule has 0 saturated carbocycles. The summed E-state index contributed by atoms with van der Waals surface area (Å²) >= 11 is 0. The maximum absolute atomic E-state index is 13.1. The molecule has 0 radical (unpaired) electrons. The zero-order chi connectivity index (χ0) is 21.2. The highest BCUT2D eigenvalue weighted by Crippen LogP contribution is 2.34. The average molecular weight is 410 g/mol. The second-order valence-electron chi connectivity index (χ2n) is 7.94. The van der Waals surface area contributed by atoms with E-state index >= 15 is 0 Å². The summed E-state index contributed by atoms with van der Waals surface area (Å²) in [6.07, 6.45) is -2.71. The van der Waals surface area contributed by atoms with E-state index < -0.39 is 11.9 Å². The van der Waals surface area contributed by atoms with Gasteiger partial charge in [-0.2, -0.15) is 18.3 Å². The number of nitrogens with zero attached hydrogens (tertiary/aromatic N) is 3. The maximum atomic E-state index is 13.1. The van der Waals surface area contributed by atoms with Gasteiger partial charge in [0.2, 0.25) is 0 Å². The van der Waals surface area contributed by atoms with Crippen LogP contribution in [0, 0.1) is 11.8 Å². The molecule has 1 amide bonds. The van der Waals surface area contributed by atoms with E-state index in [1.807, 2.05) is 20.8 Å². The van der Waals surface area contributed by atoms with Crippen molar-refractivity contribution in [2.24, 2.45) is 11.8 Å². The number of amides is 1. The lowest BCUT2D eigenvalue weighted by molar-refractivity contribution is -0.142. The van der Waals surface area contributed by atoms with E-state index in [4.69, 9.17) is 4.74 Å². The monoisotopic (exact) mass is 410 g/mol. The highest BCUT2D eigenvalue weighted by Gasteiger charge is 2.37. The van der Waals surface area contributed by atoms with Crippen LogP contribution in [0.3, 0.4) is 0 Å². The van der Waals surface area contributed by atoms with Crippen molar-refractivity contribution in [2.45, 2.75) is 39.3 Å². The van der Waals surface area contributed by atoms with Gasteiger partial charge in [0, 0.05) is 25.2 Å². The van der Waals surface area contributed by atoms with Crippen molar-refractivity contribution < 1.29 is 22.7 Å². The molecule has 6 nitrogen and oxygen atoms in total. The van der Waals surface area contributed by atoms with E-state index in [1.54, 1.807) is 11.0 Å². The van der Waals surface area contributed by atoms with Crippen molar-refractivity contribution in [2.75, 3.05) is 19.7 Å². The second-order valence-corrected chi connectivity index (χ2v) is 7.94. The Labute approximate surface area is 167 Å². The number of nitrogens with one attached hydrogen (secondary N) is 1. The van der Waals surface area contributed by atoms with Crippen molar-refractivity contribution in [3.63, 3.8) is 0 Å². The Hall–Kier alpha value is -2.58. The number of H-pyrrole nitrogens is 1. The summed E-state index contributed by atoms with van der Waals surface area (Å²) in [7, 11) is 0. The highest BCUT2D eigenvalue weighted by atomic mass is 19.4. The summed E-state index contributed by atoms with van der Waals surface area (Å²) in [6.45, 7) is 7.10. The third-order valence-corrected chi connectivity index (χ3v) is 4.97. The number of ether oxygens (including phenoxy) is 1. The molecule has 1 N–H and O–H groups in total. The fourth-order valence-electron chi connectivity index (χ4n) is 3.61. The van der Waals surface area contributed by atoms with E-state index in [1.165, 1.54) is 12.1 Å². The minimum Gasteiger partial charge on any atom is -0.491 e. The smallest absolute Gasteiger partial charge is 0.437 e. The lowest BCUT2D eigenvalue weighted by atomic mass is 9.90. The average Bonchev–Trinajstić information content (AvgIpc) is 3.15. The minimum absolute atomic E-state index is 0.0727. The van der Waals surface area contributed by atoms with Gasteiger partial charge in [0.25, 0.3) is 5.91 Å². The number of rotatable bonds is 5. The zero-order valence-corrected chi connectivity index (χ0v) is 16.7. The summed E-state index contributed by atoms with van der Waals surface area (Å²) in [6, 6.07) is 4.43. The van der Waals surface area contributed by atoms with Crippen LogP contribution in [-0.2, 0) is 6.18 Å². The molecule has 1 saturated heterocycles. The Morgan fingerprint density at radius 2 is 2.14 bits per heavy atom. The van der Waals surface area contributed by atoms with Crippen LogP contribution < -0.4 is 4.74 Å². The molecule has 0 bridgehead atoms. The number of aromatic amines is 1. The maximum Gasteiger partial charge on any atom is 0.437 e. The first-order chi connectivity index (χ1) is 13.6. The Bertz CT molecular complexity index is 850. The fourth-order valence-corrected chi connectivity index (χ4v) is 3.61. The van der Waals surface area contributed by atoms with Crippen LogP contribution in [0.4, 0.5) is 13.2 Å². The summed E-state index contributed by atoms with van der Waals surface area (Å²) in [5, 5.41) is 6.96. The second kappa shape index (κ2) is 8.42. The molecule has 3 heterocycles. The summed E-state index contributed by atoms with van der Waals surface area (Å²) in [5.41, 5.74) is 0.207. The lowest BCUT2D eigenvalue weighted by Gasteiger charge is -2.36. The van der Waals surface area contributed by atoms with Gasteiger partial charge in [-0.3, -0.25) is 9.89 Å². The predicted molar refractivity (Wildman–Crippen MR) is 101 cm³/mol. The Balaban J connectivity index is 1.67. The van der Waals surface area contributed by atoms with Gasteiger partial charge < -0.3 is 9.64 Å². The number of carbonyl (C=O) groups excluding carboxylic acids is 1. The predicted octanol–water partition coefficient (Wildman–Crippen LogP) is 4.12. The number of hydrogen-bond acceptors (Lipinski definition) is 4. The molecule has 0 aromatic carbocycles. The first-order valence-electron chi connectivity index (χ1n) is 9.64. The number of halogens is 3. The van der Waals surface area contributed by atoms with Crippen LogP contribution in [0.5, 0.6) is 5.75 Å². The van der Waals surface area contributed by atoms with Crippen LogP contribution in [0.1, 0.15) is 55.0 Å². The zero-order valence-electron chi connectivity index (χ0n) is 16.7. The van der Waals surface area contributed by atoms with Crippen molar-refractivity contribution in [3.8, 4) is 5.75 Å². The molecule has 158 valence electrons. The molecular formula is C20H25F3N4O2. The third kappa shape index (κ3) is 5.07. The number of hydrogen-bond donors (Lipinski definition) is 1. The highest BCUT2D eigenvalue weighted by molar-refractivity contribution is 5.92. The van der Waals surface area contributed by atoms with Crippen LogP contribution >= 0.6 is 0 Å². The largest absolute Gasteiger partial charge is 0.491 e. The van der Waals surface area contributed by atoms with Gasteiger partial charge in [0.15, 0.2) is 5.69 Å². The molecular weight excluding hydrogens is 385 g/mol. The van der Waals surface area contributed by atoms with Crippen LogP contribution in [0.2, 0.25) is 0 Å². The van der Waals surface area contributed by atoms with Gasteiger partial charge in [-0.15, -0.1) is 0 Å². The molecule has 2 atom stereocenters. The van der Waals surface area contributed by atoms with Gasteiger partial charge in [0.1, 0.15) is 11.4 Å². The molecule has 0 unspecified atom stereocenters. The Kier molecular flexibility index (Phi) is 6.14. The van der Waals surface area contributed by atoms with Crippen LogP contribution in [0.15, 0.2) is 24.4 Å².